The number of rotatable bonds is 2. The van der Waals surface area contributed by atoms with Crippen LogP contribution in [-0.4, -0.2) is 5.69 Å². The van der Waals surface area contributed by atoms with Gasteiger partial charge < -0.3 is 10.1 Å². The van der Waals surface area contributed by atoms with Crippen molar-refractivity contribution in [2.24, 2.45) is 0 Å². The molecule has 1 aliphatic heterocycles. The molecule has 0 aromatic heterocycles. The molecule has 0 spiro atoms. The highest BCUT2D eigenvalue weighted by molar-refractivity contribution is 6.21. The van der Waals surface area contributed by atoms with Crippen molar-refractivity contribution < 1.29 is 4.74 Å². The van der Waals surface area contributed by atoms with E-state index in [1.165, 1.54) is 0 Å². The summed E-state index contributed by atoms with van der Waals surface area (Å²) >= 11 is 6.03. The topological polar surface area (TPSA) is 21.3 Å². The van der Waals surface area contributed by atoms with Crippen molar-refractivity contribution in [1.29, 1.82) is 0 Å². The third-order valence-corrected chi connectivity index (χ3v) is 3.00. The van der Waals surface area contributed by atoms with Crippen molar-refractivity contribution in [3.63, 3.8) is 0 Å². The molecule has 0 fully saturated rings. The van der Waals surface area contributed by atoms with E-state index in [4.69, 9.17) is 16.3 Å². The molecular formula is C15H12ClNO. The van der Waals surface area contributed by atoms with Crippen LogP contribution in [0, 0.1) is 0 Å². The molecule has 1 atom stereocenters. The van der Waals surface area contributed by atoms with Gasteiger partial charge >= 0.3 is 0 Å². The molecule has 3 rings (SSSR count). The minimum atomic E-state index is -0.518. The van der Waals surface area contributed by atoms with E-state index in [1.807, 2.05) is 60.7 Å². The van der Waals surface area contributed by atoms with Crippen LogP contribution in [0.15, 0.2) is 60.7 Å². The Bertz CT molecular complexity index is 514. The molecule has 0 radical (unpaired) electrons. The molecule has 2 nitrogen and oxygen atoms in total. The average Bonchev–Trinajstić information content (AvgIpc) is 2.83. The highest BCUT2D eigenvalue weighted by atomic mass is 35.5. The van der Waals surface area contributed by atoms with Crippen molar-refractivity contribution in [3.8, 4) is 0 Å². The summed E-state index contributed by atoms with van der Waals surface area (Å²) in [5, 5.41) is 3.14. The Balaban J connectivity index is 2.09. The van der Waals surface area contributed by atoms with Crippen LogP contribution in [0.25, 0.3) is 11.5 Å². The molecule has 0 saturated heterocycles. The van der Waals surface area contributed by atoms with Crippen LogP contribution in [-0.2, 0) is 4.74 Å². The summed E-state index contributed by atoms with van der Waals surface area (Å²) in [4.78, 5) is 0. The third kappa shape index (κ3) is 2.07. The summed E-state index contributed by atoms with van der Waals surface area (Å²) in [7, 11) is 0. The Kier molecular flexibility index (Phi) is 2.95. The van der Waals surface area contributed by atoms with Gasteiger partial charge in [-0.1, -0.05) is 72.3 Å². The van der Waals surface area contributed by atoms with Crippen molar-refractivity contribution in [2.45, 2.75) is 5.69 Å². The Morgan fingerprint density at radius 3 is 2.00 bits per heavy atom. The Hall–Kier alpha value is -1.93. The fourth-order valence-corrected chi connectivity index (χ4v) is 2.19. The van der Waals surface area contributed by atoms with E-state index in [1.54, 1.807) is 0 Å². The second-order valence-electron chi connectivity index (χ2n) is 4.01. The van der Waals surface area contributed by atoms with Crippen molar-refractivity contribution >= 4 is 23.1 Å². The SMILES string of the molecule is ClC1NC(c2ccccc2)=C(c2ccccc2)O1. The van der Waals surface area contributed by atoms with E-state index in [0.29, 0.717) is 0 Å². The Morgan fingerprint density at radius 1 is 0.833 bits per heavy atom. The lowest BCUT2D eigenvalue weighted by atomic mass is 10.1. The first-order chi connectivity index (χ1) is 8.84. The molecule has 18 heavy (non-hydrogen) atoms. The predicted molar refractivity (Wildman–Crippen MR) is 73.6 cm³/mol. The number of benzene rings is 2. The first kappa shape index (κ1) is 11.2. The van der Waals surface area contributed by atoms with Gasteiger partial charge in [0.1, 0.15) is 0 Å². The second kappa shape index (κ2) is 4.75. The van der Waals surface area contributed by atoms with Gasteiger partial charge in [0.05, 0.1) is 5.70 Å². The molecule has 1 heterocycles. The smallest absolute Gasteiger partial charge is 0.248 e. The van der Waals surface area contributed by atoms with E-state index in [2.05, 4.69) is 5.32 Å². The molecule has 3 heteroatoms. The minimum absolute atomic E-state index is 0.518. The van der Waals surface area contributed by atoms with Gasteiger partial charge in [0, 0.05) is 11.1 Å². The van der Waals surface area contributed by atoms with Gasteiger partial charge in [-0.25, -0.2) is 0 Å². The van der Waals surface area contributed by atoms with Gasteiger partial charge in [0.25, 0.3) is 0 Å². The molecule has 2 aromatic carbocycles. The largest absolute Gasteiger partial charge is 0.454 e. The number of hydrogen-bond donors (Lipinski definition) is 1. The van der Waals surface area contributed by atoms with Gasteiger partial charge in [-0.05, 0) is 0 Å². The number of hydrogen-bond acceptors (Lipinski definition) is 2. The van der Waals surface area contributed by atoms with Crippen LogP contribution < -0.4 is 5.32 Å². The lowest BCUT2D eigenvalue weighted by Crippen LogP contribution is -2.16. The second-order valence-corrected chi connectivity index (χ2v) is 4.41. The van der Waals surface area contributed by atoms with Gasteiger partial charge in [-0.3, -0.25) is 0 Å². The van der Waals surface area contributed by atoms with Gasteiger partial charge in [-0.2, -0.15) is 0 Å². The molecule has 0 saturated carbocycles. The molecule has 1 N–H and O–H groups in total. The summed E-state index contributed by atoms with van der Waals surface area (Å²) < 4.78 is 5.65. The maximum absolute atomic E-state index is 6.03. The molecule has 1 aliphatic rings. The monoisotopic (exact) mass is 257 g/mol. The molecular weight excluding hydrogens is 246 g/mol. The number of ether oxygens (including phenoxy) is 1. The van der Waals surface area contributed by atoms with Gasteiger partial charge in [0.15, 0.2) is 5.76 Å². The van der Waals surface area contributed by atoms with E-state index in [0.717, 1.165) is 22.6 Å². The van der Waals surface area contributed by atoms with Crippen molar-refractivity contribution in [2.75, 3.05) is 0 Å². The molecule has 1 unspecified atom stereocenters. The van der Waals surface area contributed by atoms with E-state index in [9.17, 15) is 0 Å². The fourth-order valence-electron chi connectivity index (χ4n) is 1.99. The van der Waals surface area contributed by atoms with Gasteiger partial charge in [0.2, 0.25) is 5.69 Å². The first-order valence-corrected chi connectivity index (χ1v) is 6.20. The van der Waals surface area contributed by atoms with E-state index >= 15 is 0 Å². The maximum Gasteiger partial charge on any atom is 0.248 e. The number of alkyl halides is 1. The highest BCUT2D eigenvalue weighted by Crippen LogP contribution is 2.32. The summed E-state index contributed by atoms with van der Waals surface area (Å²) in [6.45, 7) is 0. The summed E-state index contributed by atoms with van der Waals surface area (Å²) in [6, 6.07) is 20.0. The van der Waals surface area contributed by atoms with Crippen LogP contribution in [0.2, 0.25) is 0 Å². The third-order valence-electron chi connectivity index (χ3n) is 2.80. The quantitative estimate of drug-likeness (QED) is 0.655. The lowest BCUT2D eigenvalue weighted by Gasteiger charge is -2.05. The number of halogens is 1. The normalized spacial score (nSPS) is 18.4. The van der Waals surface area contributed by atoms with E-state index < -0.39 is 5.69 Å². The van der Waals surface area contributed by atoms with Crippen molar-refractivity contribution in [1.82, 2.24) is 5.32 Å². The standard InChI is InChI=1S/C15H12ClNO/c16-15-17-13(11-7-3-1-4-8-11)14(18-15)12-9-5-2-6-10-12/h1-10,15,17H. The average molecular weight is 258 g/mol. The minimum Gasteiger partial charge on any atom is -0.454 e. The molecule has 0 aliphatic carbocycles. The predicted octanol–water partition coefficient (Wildman–Crippen LogP) is 3.65. The highest BCUT2D eigenvalue weighted by Gasteiger charge is 2.24. The zero-order valence-corrected chi connectivity index (χ0v) is 10.4. The lowest BCUT2D eigenvalue weighted by molar-refractivity contribution is 0.251. The molecule has 2 aromatic rings. The van der Waals surface area contributed by atoms with Crippen LogP contribution in [0.4, 0.5) is 0 Å². The first-order valence-electron chi connectivity index (χ1n) is 5.77. The van der Waals surface area contributed by atoms with Crippen molar-refractivity contribution in [3.05, 3.63) is 71.8 Å². The molecule has 0 bridgehead atoms. The summed E-state index contributed by atoms with van der Waals surface area (Å²) in [5.41, 5.74) is 2.50. The van der Waals surface area contributed by atoms with Crippen LogP contribution >= 0.6 is 11.6 Å². The fraction of sp³-hybridized carbons (Fsp3) is 0.0667. The summed E-state index contributed by atoms with van der Waals surface area (Å²) in [6.07, 6.45) is 0. The Morgan fingerprint density at radius 2 is 1.39 bits per heavy atom. The zero-order chi connectivity index (χ0) is 12.4. The van der Waals surface area contributed by atoms with Crippen LogP contribution in [0.3, 0.4) is 0 Å². The molecule has 90 valence electrons. The zero-order valence-electron chi connectivity index (χ0n) is 9.64. The van der Waals surface area contributed by atoms with Gasteiger partial charge in [-0.15, -0.1) is 0 Å². The maximum atomic E-state index is 6.03. The number of nitrogens with one attached hydrogen (secondary N) is 1. The summed E-state index contributed by atoms with van der Waals surface area (Å²) in [5.74, 6) is 0.793. The van der Waals surface area contributed by atoms with E-state index in [-0.39, 0.29) is 0 Å². The molecule has 0 amide bonds. The van der Waals surface area contributed by atoms with Crippen LogP contribution in [0.1, 0.15) is 11.1 Å². The van der Waals surface area contributed by atoms with Crippen LogP contribution in [0.5, 0.6) is 0 Å². The Labute approximate surface area is 111 Å².